The molecule has 1 atom stereocenters. The van der Waals surface area contributed by atoms with Gasteiger partial charge in [0.1, 0.15) is 0 Å². The van der Waals surface area contributed by atoms with Crippen LogP contribution in [0.25, 0.3) is 0 Å². The fraction of sp³-hybridized carbons (Fsp3) is 0.667. The average molecular weight is 333 g/mol. The molecule has 7 nitrogen and oxygen atoms in total. The van der Waals surface area contributed by atoms with Crippen LogP contribution in [0.15, 0.2) is 9.72 Å². The second kappa shape index (κ2) is 6.39. The first kappa shape index (κ1) is 16.3. The Hall–Kier alpha value is -1.03. The highest BCUT2D eigenvalue weighted by atomic mass is 32.2. The molecule has 0 radical (unpaired) electrons. The summed E-state index contributed by atoms with van der Waals surface area (Å²) in [6.45, 7) is 1.38. The summed E-state index contributed by atoms with van der Waals surface area (Å²) in [7, 11) is 0.994. The molecule has 1 unspecified atom stereocenters. The number of methoxy groups -OCH3 is 1. The number of esters is 1. The summed E-state index contributed by atoms with van der Waals surface area (Å²) >= 11 is 0.932. The molecule has 0 aromatic carbocycles. The van der Waals surface area contributed by atoms with Crippen molar-refractivity contribution in [2.45, 2.75) is 23.1 Å². The van der Waals surface area contributed by atoms with Gasteiger partial charge in [-0.05, 0) is 26.4 Å². The quantitative estimate of drug-likeness (QED) is 0.736. The van der Waals surface area contributed by atoms with E-state index in [0.29, 0.717) is 6.54 Å². The first-order valence-electron chi connectivity index (χ1n) is 6.56. The summed E-state index contributed by atoms with van der Waals surface area (Å²) in [5.74, 6) is -0.735. The van der Waals surface area contributed by atoms with Gasteiger partial charge < -0.3 is 9.64 Å². The van der Waals surface area contributed by atoms with Crippen LogP contribution in [0.2, 0.25) is 0 Å². The highest BCUT2D eigenvalue weighted by Crippen LogP contribution is 2.25. The lowest BCUT2D eigenvalue weighted by atomic mass is 10.2. The number of hydrogen-bond donors (Lipinski definition) is 0. The number of aromatic nitrogens is 1. The molecule has 0 bridgehead atoms. The van der Waals surface area contributed by atoms with Gasteiger partial charge in [-0.3, -0.25) is 0 Å². The second-order valence-electron chi connectivity index (χ2n) is 5.04. The minimum Gasteiger partial charge on any atom is -0.464 e. The van der Waals surface area contributed by atoms with Crippen LogP contribution in [0, 0.1) is 0 Å². The summed E-state index contributed by atoms with van der Waals surface area (Å²) in [4.78, 5) is 17.6. The van der Waals surface area contributed by atoms with Crippen LogP contribution < -0.4 is 0 Å². The van der Waals surface area contributed by atoms with Gasteiger partial charge in [0.05, 0.1) is 12.6 Å². The molecule has 1 aliphatic rings. The van der Waals surface area contributed by atoms with Crippen LogP contribution in [0.3, 0.4) is 0 Å². The molecule has 1 aromatic heterocycles. The Morgan fingerprint density at radius 1 is 1.62 bits per heavy atom. The number of likely N-dealkylation sites (tertiary alicyclic amines) is 1. The molecule has 2 rings (SSSR count). The van der Waals surface area contributed by atoms with Gasteiger partial charge >= 0.3 is 5.97 Å². The molecule has 21 heavy (non-hydrogen) atoms. The third-order valence-electron chi connectivity index (χ3n) is 3.70. The van der Waals surface area contributed by atoms with E-state index < -0.39 is 16.0 Å². The van der Waals surface area contributed by atoms with Crippen LogP contribution in [0.1, 0.15) is 23.3 Å². The Morgan fingerprint density at radius 2 is 2.33 bits per heavy atom. The van der Waals surface area contributed by atoms with Gasteiger partial charge in [0.25, 0.3) is 10.0 Å². The molecular weight excluding hydrogens is 314 g/mol. The van der Waals surface area contributed by atoms with Gasteiger partial charge in [0.2, 0.25) is 0 Å². The number of nitrogens with zero attached hydrogens (tertiary/aromatic N) is 3. The van der Waals surface area contributed by atoms with Crippen molar-refractivity contribution in [3.8, 4) is 0 Å². The van der Waals surface area contributed by atoms with Gasteiger partial charge in [-0.15, -0.1) is 11.3 Å². The zero-order valence-electron chi connectivity index (χ0n) is 12.3. The fourth-order valence-electron chi connectivity index (χ4n) is 2.40. The summed E-state index contributed by atoms with van der Waals surface area (Å²) in [5.41, 5.74) is 1.20. The molecule has 0 aliphatic carbocycles. The van der Waals surface area contributed by atoms with Crippen LogP contribution in [0.4, 0.5) is 0 Å². The molecular formula is C12H19N3O4S2. The third kappa shape index (κ3) is 3.25. The van der Waals surface area contributed by atoms with Crippen molar-refractivity contribution >= 4 is 27.3 Å². The molecule has 0 N–H and O–H groups in total. The molecule has 0 saturated carbocycles. The number of likely N-dealkylation sites (N-methyl/N-ethyl adjacent to an activating group) is 2. The Morgan fingerprint density at radius 3 is 2.90 bits per heavy atom. The number of ether oxygens (including phenoxy) is 1. The normalized spacial score (nSPS) is 20.1. The molecule has 0 spiro atoms. The highest BCUT2D eigenvalue weighted by molar-refractivity contribution is 7.91. The van der Waals surface area contributed by atoms with Crippen molar-refractivity contribution < 1.29 is 17.9 Å². The molecule has 2 heterocycles. The monoisotopic (exact) mass is 333 g/mol. The lowest BCUT2D eigenvalue weighted by Crippen LogP contribution is -2.39. The van der Waals surface area contributed by atoms with Crippen LogP contribution in [-0.4, -0.2) is 68.9 Å². The number of hydrogen-bond acceptors (Lipinski definition) is 7. The number of carbonyl (C=O) groups excluding carboxylic acids is 1. The van der Waals surface area contributed by atoms with Gasteiger partial charge in [0.15, 0.2) is 9.90 Å². The maximum Gasteiger partial charge on any atom is 0.358 e. The van der Waals surface area contributed by atoms with Crippen molar-refractivity contribution in [1.82, 2.24) is 14.2 Å². The van der Waals surface area contributed by atoms with E-state index in [0.717, 1.165) is 30.7 Å². The van der Waals surface area contributed by atoms with E-state index >= 15 is 0 Å². The summed E-state index contributed by atoms with van der Waals surface area (Å²) in [6.07, 6.45) is 2.05. The Balaban J connectivity index is 2.21. The van der Waals surface area contributed by atoms with Crippen molar-refractivity contribution in [3.05, 3.63) is 11.2 Å². The highest BCUT2D eigenvalue weighted by Gasteiger charge is 2.33. The van der Waals surface area contributed by atoms with E-state index in [-0.39, 0.29) is 15.9 Å². The number of thiazole rings is 1. The fourth-order valence-corrected chi connectivity index (χ4v) is 4.93. The lowest BCUT2D eigenvalue weighted by Gasteiger charge is -2.25. The smallest absolute Gasteiger partial charge is 0.358 e. The third-order valence-corrected chi connectivity index (χ3v) is 6.87. The summed E-state index contributed by atoms with van der Waals surface area (Å²) in [5, 5.41) is 0. The Labute approximate surface area is 128 Å². The zero-order valence-corrected chi connectivity index (χ0v) is 13.9. The van der Waals surface area contributed by atoms with Crippen LogP contribution in [-0.2, 0) is 14.8 Å². The van der Waals surface area contributed by atoms with E-state index in [9.17, 15) is 13.2 Å². The van der Waals surface area contributed by atoms with E-state index in [1.165, 1.54) is 24.0 Å². The minimum absolute atomic E-state index is 0.0579. The van der Waals surface area contributed by atoms with Crippen molar-refractivity contribution in [3.63, 3.8) is 0 Å². The van der Waals surface area contributed by atoms with E-state index in [4.69, 9.17) is 0 Å². The van der Waals surface area contributed by atoms with Crippen molar-refractivity contribution in [1.29, 1.82) is 0 Å². The predicted molar refractivity (Wildman–Crippen MR) is 78.9 cm³/mol. The molecule has 0 amide bonds. The van der Waals surface area contributed by atoms with Crippen molar-refractivity contribution in [2.24, 2.45) is 0 Å². The van der Waals surface area contributed by atoms with Gasteiger partial charge in [-0.2, -0.15) is 4.31 Å². The van der Waals surface area contributed by atoms with E-state index in [1.54, 1.807) is 0 Å². The van der Waals surface area contributed by atoms with Gasteiger partial charge in [-0.25, -0.2) is 18.2 Å². The van der Waals surface area contributed by atoms with Crippen molar-refractivity contribution in [2.75, 3.05) is 34.3 Å². The number of rotatable bonds is 5. The van der Waals surface area contributed by atoms with Gasteiger partial charge in [0, 0.05) is 19.6 Å². The molecule has 1 aliphatic heterocycles. The molecule has 9 heteroatoms. The maximum absolute atomic E-state index is 12.6. The number of carbonyl (C=O) groups is 1. The lowest BCUT2D eigenvalue weighted by molar-refractivity contribution is 0.0590. The first-order valence-corrected chi connectivity index (χ1v) is 8.88. The largest absolute Gasteiger partial charge is 0.464 e. The SMILES string of the molecule is COC(=O)c1ncsc1S(=O)(=O)N(C)CC1CCCN1C. The van der Waals surface area contributed by atoms with Gasteiger partial charge in [-0.1, -0.05) is 0 Å². The Kier molecular flexibility index (Phi) is 4.97. The Bertz CT molecular complexity index is 614. The standard InChI is InChI=1S/C12H19N3O4S2/c1-14-6-4-5-9(14)7-15(2)21(17,18)12-10(11(16)19-3)13-8-20-12/h8-9H,4-7H2,1-3H3. The average Bonchev–Trinajstić information content (AvgIpc) is 3.08. The molecule has 118 valence electrons. The molecule has 1 aromatic rings. The predicted octanol–water partition coefficient (Wildman–Crippen LogP) is 0.644. The summed E-state index contributed by atoms with van der Waals surface area (Å²) in [6, 6.07) is 0.208. The topological polar surface area (TPSA) is 79.8 Å². The summed E-state index contributed by atoms with van der Waals surface area (Å²) < 4.78 is 31.0. The van der Waals surface area contributed by atoms with E-state index in [1.807, 2.05) is 7.05 Å². The van der Waals surface area contributed by atoms with Crippen LogP contribution >= 0.6 is 11.3 Å². The molecule has 1 saturated heterocycles. The minimum atomic E-state index is -3.73. The maximum atomic E-state index is 12.6. The zero-order chi connectivity index (χ0) is 15.6. The van der Waals surface area contributed by atoms with E-state index in [2.05, 4.69) is 14.6 Å². The number of sulfonamides is 1. The first-order chi connectivity index (χ1) is 9.87. The van der Waals surface area contributed by atoms with Crippen LogP contribution in [0.5, 0.6) is 0 Å². The molecule has 1 fully saturated rings. The second-order valence-corrected chi connectivity index (χ2v) is 8.14.